The van der Waals surface area contributed by atoms with E-state index in [-0.39, 0.29) is 34.7 Å². The van der Waals surface area contributed by atoms with E-state index in [0.29, 0.717) is 18.4 Å². The first-order valence-electron chi connectivity index (χ1n) is 14.8. The summed E-state index contributed by atoms with van der Waals surface area (Å²) >= 11 is 0. The number of rotatable bonds is 4. The molecule has 2 aliphatic heterocycles. The van der Waals surface area contributed by atoms with Gasteiger partial charge in [0.15, 0.2) is 6.29 Å². The third kappa shape index (κ3) is 3.88. The van der Waals surface area contributed by atoms with Crippen molar-refractivity contribution in [1.82, 2.24) is 0 Å². The van der Waals surface area contributed by atoms with Crippen molar-refractivity contribution in [3.8, 4) is 0 Å². The minimum absolute atomic E-state index is 0.0103. The molecule has 8 heteroatoms. The second-order valence-corrected chi connectivity index (χ2v) is 13.7. The van der Waals surface area contributed by atoms with E-state index in [1.807, 2.05) is 0 Å². The molecule has 3 N–H and O–H groups in total. The van der Waals surface area contributed by atoms with E-state index in [0.717, 1.165) is 63.4 Å². The highest BCUT2D eigenvalue weighted by Gasteiger charge is 2.67. The maximum atomic E-state index is 12.4. The molecule has 214 valence electrons. The van der Waals surface area contributed by atoms with E-state index in [2.05, 4.69) is 13.8 Å². The van der Waals surface area contributed by atoms with Crippen LogP contribution < -0.4 is 0 Å². The minimum Gasteiger partial charge on any atom is -0.458 e. The molecule has 6 rings (SSSR count). The number of esters is 1. The molecule has 5 fully saturated rings. The Kier molecular flexibility index (Phi) is 6.80. The molecule has 13 atom stereocenters. The van der Waals surface area contributed by atoms with Gasteiger partial charge < -0.3 is 34.3 Å². The van der Waals surface area contributed by atoms with Crippen molar-refractivity contribution in [2.75, 3.05) is 13.7 Å². The molecule has 0 bridgehead atoms. The summed E-state index contributed by atoms with van der Waals surface area (Å²) in [5, 5.41) is 33.5. The van der Waals surface area contributed by atoms with Gasteiger partial charge in [0, 0.05) is 18.6 Å². The number of aliphatic hydroxyl groups is 3. The molecule has 4 saturated carbocycles. The van der Waals surface area contributed by atoms with Gasteiger partial charge in [0.25, 0.3) is 0 Å². The van der Waals surface area contributed by atoms with Crippen LogP contribution in [0.25, 0.3) is 0 Å². The number of hydrogen-bond acceptors (Lipinski definition) is 8. The van der Waals surface area contributed by atoms with Gasteiger partial charge in [0.2, 0.25) is 0 Å². The van der Waals surface area contributed by atoms with E-state index in [4.69, 9.17) is 18.9 Å². The van der Waals surface area contributed by atoms with Crippen molar-refractivity contribution in [2.24, 2.45) is 34.5 Å². The van der Waals surface area contributed by atoms with Crippen LogP contribution in [0.15, 0.2) is 11.6 Å². The Bertz CT molecular complexity index is 968. The second-order valence-electron chi connectivity index (χ2n) is 13.7. The molecule has 6 aliphatic rings. The van der Waals surface area contributed by atoms with E-state index in [1.54, 1.807) is 13.0 Å². The monoisotopic (exact) mass is 534 g/mol. The molecule has 4 aliphatic carbocycles. The van der Waals surface area contributed by atoms with Gasteiger partial charge in [-0.25, -0.2) is 4.79 Å². The number of ether oxygens (including phenoxy) is 4. The summed E-state index contributed by atoms with van der Waals surface area (Å²) in [6.45, 7) is 6.87. The number of carbonyl (C=O) groups is 1. The van der Waals surface area contributed by atoms with Gasteiger partial charge in [0.05, 0.1) is 17.8 Å². The molecule has 0 aromatic heterocycles. The lowest BCUT2D eigenvalue weighted by Gasteiger charge is -2.64. The van der Waals surface area contributed by atoms with Crippen molar-refractivity contribution in [1.29, 1.82) is 0 Å². The zero-order valence-electron chi connectivity index (χ0n) is 23.3. The molecule has 0 radical (unpaired) electrons. The Labute approximate surface area is 226 Å². The smallest absolute Gasteiger partial charge is 0.331 e. The van der Waals surface area contributed by atoms with Gasteiger partial charge in [-0.1, -0.05) is 13.8 Å². The Morgan fingerprint density at radius 1 is 1.00 bits per heavy atom. The van der Waals surface area contributed by atoms with E-state index in [1.165, 1.54) is 7.11 Å². The Balaban J connectivity index is 1.16. The van der Waals surface area contributed by atoms with Crippen LogP contribution in [0.4, 0.5) is 0 Å². The summed E-state index contributed by atoms with van der Waals surface area (Å²) < 4.78 is 22.8. The molecule has 0 spiro atoms. The lowest BCUT2D eigenvalue weighted by atomic mass is 9.43. The lowest BCUT2D eigenvalue weighted by Crippen LogP contribution is -2.62. The summed E-state index contributed by atoms with van der Waals surface area (Å²) in [5.74, 6) is 1.22. The first-order chi connectivity index (χ1) is 18.0. The van der Waals surface area contributed by atoms with Crippen LogP contribution in [0.5, 0.6) is 0 Å². The molecule has 8 nitrogen and oxygen atoms in total. The number of fused-ring (bicyclic) bond motifs is 5. The van der Waals surface area contributed by atoms with Gasteiger partial charge >= 0.3 is 5.97 Å². The lowest BCUT2D eigenvalue weighted by molar-refractivity contribution is -0.313. The quantitative estimate of drug-likeness (QED) is 0.372. The topological polar surface area (TPSA) is 115 Å². The third-order valence-electron chi connectivity index (χ3n) is 12.3. The number of aliphatic hydroxyl groups excluding tert-OH is 2. The fraction of sp³-hybridized carbons (Fsp3) is 0.900. The van der Waals surface area contributed by atoms with Gasteiger partial charge in [0.1, 0.15) is 24.9 Å². The molecule has 0 aromatic carbocycles. The predicted octanol–water partition coefficient (Wildman–Crippen LogP) is 3.11. The van der Waals surface area contributed by atoms with Crippen molar-refractivity contribution >= 4 is 5.97 Å². The number of hydrogen-bond donors (Lipinski definition) is 3. The van der Waals surface area contributed by atoms with Crippen molar-refractivity contribution in [3.05, 3.63) is 11.6 Å². The Hall–Kier alpha value is -1.03. The van der Waals surface area contributed by atoms with Gasteiger partial charge in [-0.2, -0.15) is 0 Å². The second kappa shape index (κ2) is 9.52. The molecular formula is C30H46O8. The minimum atomic E-state index is -1.04. The number of methoxy groups -OCH3 is 1. The third-order valence-corrected chi connectivity index (χ3v) is 12.3. The van der Waals surface area contributed by atoms with Crippen molar-refractivity contribution < 1.29 is 39.1 Å². The van der Waals surface area contributed by atoms with Crippen LogP contribution >= 0.6 is 0 Å². The molecule has 0 amide bonds. The fourth-order valence-electron chi connectivity index (χ4n) is 10.1. The standard InChI is InChI=1S/C30H46O8/c1-16-24(32)26(35-4)25(33)27(37-16)38-19-7-10-28(2)18(14-19)5-6-22-21(28)8-11-29(3)20(9-12-30(22,29)34)17-13-23(31)36-15-17/h13,16,18-22,24-27,32-34H,5-12,14-15H2,1-4H3/t16-,18-,19+,20+,21-,22+,24+,25-,26+,27+,28+,29-,30+/m1/s1. The highest BCUT2D eigenvalue weighted by Crippen LogP contribution is 2.70. The highest BCUT2D eigenvalue weighted by molar-refractivity contribution is 5.85. The van der Waals surface area contributed by atoms with Gasteiger partial charge in [-0.15, -0.1) is 0 Å². The maximum Gasteiger partial charge on any atom is 0.331 e. The Morgan fingerprint density at radius 2 is 1.79 bits per heavy atom. The highest BCUT2D eigenvalue weighted by atomic mass is 16.7. The average molecular weight is 535 g/mol. The van der Waals surface area contributed by atoms with E-state index in [9.17, 15) is 20.1 Å². The number of cyclic esters (lactones) is 1. The molecule has 0 unspecified atom stereocenters. The number of carbonyl (C=O) groups excluding carboxylic acids is 1. The first kappa shape index (κ1) is 27.2. The summed E-state index contributed by atoms with van der Waals surface area (Å²) in [6.07, 6.45) is 6.45. The first-order valence-corrected chi connectivity index (χ1v) is 14.8. The fourth-order valence-corrected chi connectivity index (χ4v) is 10.1. The molecule has 0 aromatic rings. The maximum absolute atomic E-state index is 12.4. The van der Waals surface area contributed by atoms with Crippen LogP contribution in [0.1, 0.15) is 78.6 Å². The molecule has 2 heterocycles. The summed E-state index contributed by atoms with van der Waals surface area (Å²) in [7, 11) is 1.49. The average Bonchev–Trinajstić information content (AvgIpc) is 3.43. The van der Waals surface area contributed by atoms with Gasteiger partial charge in [-0.05, 0) is 99.4 Å². The van der Waals surface area contributed by atoms with Crippen LogP contribution in [-0.4, -0.2) is 77.4 Å². The van der Waals surface area contributed by atoms with Gasteiger partial charge in [-0.3, -0.25) is 0 Å². The van der Waals surface area contributed by atoms with Crippen LogP contribution in [-0.2, 0) is 23.7 Å². The normalized spacial score (nSPS) is 54.5. The molecule has 1 saturated heterocycles. The van der Waals surface area contributed by atoms with Crippen molar-refractivity contribution in [3.63, 3.8) is 0 Å². The zero-order valence-corrected chi connectivity index (χ0v) is 23.3. The van der Waals surface area contributed by atoms with Crippen LogP contribution in [0.3, 0.4) is 0 Å². The SMILES string of the molecule is CO[C@H]1[C@@H](O)[C@@H](C)O[C@@H](O[C@H]2CC[C@@]3(C)[C@H](CC[C@H]4[C@H]3CC[C@]3(C)[C@H](C5=CC(=O)OC5)CC[C@]43O)C2)[C@@H]1O. The summed E-state index contributed by atoms with van der Waals surface area (Å²) in [6, 6.07) is 0. The van der Waals surface area contributed by atoms with Crippen LogP contribution in [0, 0.1) is 34.5 Å². The van der Waals surface area contributed by atoms with E-state index >= 15 is 0 Å². The van der Waals surface area contributed by atoms with Crippen molar-refractivity contribution in [2.45, 2.75) is 121 Å². The zero-order chi connectivity index (χ0) is 27.0. The molecule has 38 heavy (non-hydrogen) atoms. The largest absolute Gasteiger partial charge is 0.458 e. The molecular weight excluding hydrogens is 488 g/mol. The summed E-state index contributed by atoms with van der Waals surface area (Å²) in [5.41, 5.74) is 0.300. The Morgan fingerprint density at radius 3 is 2.50 bits per heavy atom. The van der Waals surface area contributed by atoms with E-state index < -0.39 is 36.3 Å². The summed E-state index contributed by atoms with van der Waals surface area (Å²) in [4.78, 5) is 11.8. The predicted molar refractivity (Wildman–Crippen MR) is 138 cm³/mol. The van der Waals surface area contributed by atoms with Crippen LogP contribution in [0.2, 0.25) is 0 Å².